The fourth-order valence-corrected chi connectivity index (χ4v) is 2.06. The number of hydrogen-bond donors (Lipinski definition) is 2. The van der Waals surface area contributed by atoms with Gasteiger partial charge in [0.05, 0.1) is 6.10 Å². The number of benzene rings is 1. The maximum Gasteiger partial charge on any atom is 0.120 e. The van der Waals surface area contributed by atoms with Crippen LogP contribution in [0.15, 0.2) is 24.3 Å². The molecule has 0 heterocycles. The van der Waals surface area contributed by atoms with E-state index in [1.807, 2.05) is 26.0 Å². The zero-order chi connectivity index (χ0) is 19.1. The Kier molecular flexibility index (Phi) is 14.5. The van der Waals surface area contributed by atoms with E-state index in [9.17, 15) is 0 Å². The van der Waals surface area contributed by atoms with Gasteiger partial charge in [0.15, 0.2) is 0 Å². The minimum Gasteiger partial charge on any atom is -0.491 e. The van der Waals surface area contributed by atoms with Crippen LogP contribution < -0.4 is 15.6 Å². The highest BCUT2D eigenvalue weighted by molar-refractivity contribution is 5.30. The summed E-state index contributed by atoms with van der Waals surface area (Å²) in [7, 11) is 0. The average Bonchev–Trinajstić information content (AvgIpc) is 2.62. The van der Waals surface area contributed by atoms with Gasteiger partial charge in [-0.15, -0.1) is 0 Å². The van der Waals surface area contributed by atoms with Gasteiger partial charge in [0, 0.05) is 25.8 Å². The largest absolute Gasteiger partial charge is 0.491 e. The van der Waals surface area contributed by atoms with Gasteiger partial charge in [-0.05, 0) is 50.3 Å². The zero-order valence-electron chi connectivity index (χ0n) is 17.4. The molecule has 0 saturated heterocycles. The Morgan fingerprint density at radius 3 is 2.44 bits per heavy atom. The van der Waals surface area contributed by atoms with Crippen LogP contribution in [0.2, 0.25) is 0 Å². The Labute approximate surface area is 155 Å². The Bertz CT molecular complexity index is 424. The zero-order valence-corrected chi connectivity index (χ0v) is 17.4. The molecule has 0 aromatic heterocycles. The number of hydrogen-bond acceptors (Lipinski definition) is 4. The molecule has 0 aliphatic carbocycles. The quantitative estimate of drug-likeness (QED) is 0.405. The van der Waals surface area contributed by atoms with E-state index in [4.69, 9.17) is 9.47 Å². The molecule has 25 heavy (non-hydrogen) atoms. The highest BCUT2D eigenvalue weighted by Crippen LogP contribution is 2.20. The van der Waals surface area contributed by atoms with E-state index in [-0.39, 0.29) is 12.1 Å². The fourth-order valence-electron chi connectivity index (χ4n) is 2.06. The topological polar surface area (TPSA) is 42.5 Å². The molecular weight excluding hydrogens is 312 g/mol. The third kappa shape index (κ3) is 12.0. The van der Waals surface area contributed by atoms with Gasteiger partial charge < -0.3 is 9.47 Å². The second-order valence-electron chi connectivity index (χ2n) is 6.52. The van der Waals surface area contributed by atoms with Crippen molar-refractivity contribution in [2.75, 3.05) is 19.8 Å². The van der Waals surface area contributed by atoms with Crippen molar-refractivity contribution in [1.29, 1.82) is 0 Å². The molecule has 2 unspecified atom stereocenters. The first-order chi connectivity index (χ1) is 12.0. The van der Waals surface area contributed by atoms with Gasteiger partial charge in [0.2, 0.25) is 0 Å². The van der Waals surface area contributed by atoms with E-state index < -0.39 is 0 Å². The van der Waals surface area contributed by atoms with Crippen molar-refractivity contribution < 1.29 is 9.47 Å². The molecule has 0 bridgehead atoms. The molecule has 0 aliphatic heterocycles. The predicted molar refractivity (Wildman–Crippen MR) is 108 cm³/mol. The molecule has 0 amide bonds. The summed E-state index contributed by atoms with van der Waals surface area (Å²) in [6, 6.07) is 8.52. The van der Waals surface area contributed by atoms with E-state index in [0.717, 1.165) is 38.3 Å². The van der Waals surface area contributed by atoms with Gasteiger partial charge in [-0.2, -0.15) is 0 Å². The summed E-state index contributed by atoms with van der Waals surface area (Å²) >= 11 is 0. The summed E-state index contributed by atoms with van der Waals surface area (Å²) in [6.07, 6.45) is 2.26. The lowest BCUT2D eigenvalue weighted by atomic mass is 10.1. The minimum atomic E-state index is 0.229. The summed E-state index contributed by atoms with van der Waals surface area (Å²) in [6.45, 7) is 17.2. The SMILES string of the molecule is CC.CCC(C)Oc1cccc(C(C)NNCCCOCC(C)C)c1. The lowest BCUT2D eigenvalue weighted by molar-refractivity contribution is 0.107. The van der Waals surface area contributed by atoms with Crippen LogP contribution >= 0.6 is 0 Å². The first-order valence-corrected chi connectivity index (χ1v) is 9.85. The van der Waals surface area contributed by atoms with Crippen LogP contribution in [0.4, 0.5) is 0 Å². The van der Waals surface area contributed by atoms with Crippen molar-refractivity contribution in [3.63, 3.8) is 0 Å². The minimum absolute atomic E-state index is 0.229. The number of ether oxygens (including phenoxy) is 2. The van der Waals surface area contributed by atoms with Gasteiger partial charge in [-0.25, -0.2) is 0 Å². The summed E-state index contributed by atoms with van der Waals surface area (Å²) in [4.78, 5) is 0. The van der Waals surface area contributed by atoms with Gasteiger partial charge in [0.25, 0.3) is 0 Å². The Morgan fingerprint density at radius 1 is 1.08 bits per heavy atom. The molecule has 4 heteroatoms. The van der Waals surface area contributed by atoms with Crippen molar-refractivity contribution in [2.45, 2.75) is 73.5 Å². The smallest absolute Gasteiger partial charge is 0.120 e. The standard InChI is InChI=1S/C19H34N2O2.C2H6/c1-6-16(4)23-19-10-7-9-18(13-19)17(5)21-20-11-8-12-22-14-15(2)3;1-2/h7,9-10,13,15-17,20-21H,6,8,11-12,14H2,1-5H3;1-2H3. The molecule has 2 atom stereocenters. The molecule has 0 saturated carbocycles. The molecule has 2 N–H and O–H groups in total. The fraction of sp³-hybridized carbons (Fsp3) is 0.714. The van der Waals surface area contributed by atoms with E-state index in [2.05, 4.69) is 57.6 Å². The molecular formula is C21H40N2O2. The van der Waals surface area contributed by atoms with Gasteiger partial charge in [-0.1, -0.05) is 46.8 Å². The lowest BCUT2D eigenvalue weighted by Gasteiger charge is -2.18. The molecule has 146 valence electrons. The Hall–Kier alpha value is -1.10. The Morgan fingerprint density at radius 2 is 1.80 bits per heavy atom. The summed E-state index contributed by atoms with van der Waals surface area (Å²) in [5.74, 6) is 1.54. The van der Waals surface area contributed by atoms with Crippen LogP contribution in [0.25, 0.3) is 0 Å². The molecule has 0 radical (unpaired) electrons. The summed E-state index contributed by atoms with van der Waals surface area (Å²) < 4.78 is 11.4. The number of hydrazine groups is 1. The molecule has 0 aliphatic rings. The summed E-state index contributed by atoms with van der Waals surface area (Å²) in [5, 5.41) is 0. The third-order valence-corrected chi connectivity index (χ3v) is 3.63. The first kappa shape index (κ1) is 23.9. The van der Waals surface area contributed by atoms with Crippen LogP contribution in [0.3, 0.4) is 0 Å². The molecule has 1 aromatic carbocycles. The van der Waals surface area contributed by atoms with E-state index in [1.54, 1.807) is 0 Å². The van der Waals surface area contributed by atoms with Gasteiger partial charge in [0.1, 0.15) is 5.75 Å². The molecule has 1 rings (SSSR count). The Balaban J connectivity index is 0.00000277. The number of rotatable bonds is 12. The maximum atomic E-state index is 5.88. The third-order valence-electron chi connectivity index (χ3n) is 3.63. The highest BCUT2D eigenvalue weighted by atomic mass is 16.5. The van der Waals surface area contributed by atoms with Crippen molar-refractivity contribution in [3.05, 3.63) is 29.8 Å². The first-order valence-electron chi connectivity index (χ1n) is 9.85. The molecule has 1 aromatic rings. The maximum absolute atomic E-state index is 5.88. The van der Waals surface area contributed by atoms with Crippen LogP contribution in [-0.2, 0) is 4.74 Å². The second-order valence-corrected chi connectivity index (χ2v) is 6.52. The van der Waals surface area contributed by atoms with Crippen LogP contribution in [-0.4, -0.2) is 25.9 Å². The lowest BCUT2D eigenvalue weighted by Crippen LogP contribution is -2.35. The van der Waals surface area contributed by atoms with Crippen LogP contribution in [0.5, 0.6) is 5.75 Å². The molecule has 0 fully saturated rings. The van der Waals surface area contributed by atoms with Crippen molar-refractivity contribution in [2.24, 2.45) is 5.92 Å². The van der Waals surface area contributed by atoms with Gasteiger partial charge >= 0.3 is 0 Å². The highest BCUT2D eigenvalue weighted by Gasteiger charge is 2.07. The van der Waals surface area contributed by atoms with Crippen molar-refractivity contribution in [3.8, 4) is 5.75 Å². The average molecular weight is 353 g/mol. The normalized spacial score (nSPS) is 13.1. The second kappa shape index (κ2) is 15.2. The summed E-state index contributed by atoms with van der Waals surface area (Å²) in [5.41, 5.74) is 7.82. The van der Waals surface area contributed by atoms with Crippen molar-refractivity contribution in [1.82, 2.24) is 10.9 Å². The van der Waals surface area contributed by atoms with E-state index in [0.29, 0.717) is 5.92 Å². The monoisotopic (exact) mass is 352 g/mol. The number of nitrogens with one attached hydrogen (secondary N) is 2. The van der Waals surface area contributed by atoms with Crippen molar-refractivity contribution >= 4 is 0 Å². The molecule has 0 spiro atoms. The predicted octanol–water partition coefficient (Wildman–Crippen LogP) is 5.11. The van der Waals surface area contributed by atoms with E-state index >= 15 is 0 Å². The van der Waals surface area contributed by atoms with E-state index in [1.165, 1.54) is 5.56 Å². The van der Waals surface area contributed by atoms with Gasteiger partial charge in [-0.3, -0.25) is 10.9 Å². The molecule has 4 nitrogen and oxygen atoms in total. The van der Waals surface area contributed by atoms with Crippen LogP contribution in [0, 0.1) is 5.92 Å². The van der Waals surface area contributed by atoms with Crippen LogP contribution in [0.1, 0.15) is 72.9 Å².